The number of carbonyl (C=O) groups excluding carboxylic acids is 1. The molecule has 1 aromatic carbocycles. The van der Waals surface area contributed by atoms with Gasteiger partial charge >= 0.3 is 0 Å². The summed E-state index contributed by atoms with van der Waals surface area (Å²) in [5.41, 5.74) is 1.18. The SMILES string of the molecule is CCNCc1ccc(OCC(=O)NCC(C)C)c(Br)c1. The van der Waals surface area contributed by atoms with Gasteiger partial charge in [0.15, 0.2) is 6.61 Å². The fourth-order valence-electron chi connectivity index (χ4n) is 1.55. The highest BCUT2D eigenvalue weighted by atomic mass is 79.9. The summed E-state index contributed by atoms with van der Waals surface area (Å²) >= 11 is 3.47. The molecule has 0 heterocycles. The molecule has 0 saturated heterocycles. The zero-order valence-electron chi connectivity index (χ0n) is 12.3. The average Bonchev–Trinajstić information content (AvgIpc) is 2.41. The summed E-state index contributed by atoms with van der Waals surface area (Å²) in [5, 5.41) is 6.08. The first-order valence-corrected chi connectivity index (χ1v) is 7.70. The molecule has 0 atom stereocenters. The van der Waals surface area contributed by atoms with Crippen LogP contribution in [0.4, 0.5) is 0 Å². The van der Waals surface area contributed by atoms with Gasteiger partial charge in [0.05, 0.1) is 4.47 Å². The number of benzene rings is 1. The molecule has 4 nitrogen and oxygen atoms in total. The lowest BCUT2D eigenvalue weighted by Gasteiger charge is -2.11. The molecule has 5 heteroatoms. The highest BCUT2D eigenvalue weighted by Crippen LogP contribution is 2.25. The second-order valence-electron chi connectivity index (χ2n) is 5.03. The highest BCUT2D eigenvalue weighted by molar-refractivity contribution is 9.10. The summed E-state index contributed by atoms with van der Waals surface area (Å²) < 4.78 is 6.38. The topological polar surface area (TPSA) is 50.4 Å². The maximum Gasteiger partial charge on any atom is 0.257 e. The van der Waals surface area contributed by atoms with Crippen LogP contribution in [0.2, 0.25) is 0 Å². The monoisotopic (exact) mass is 342 g/mol. The van der Waals surface area contributed by atoms with Crippen molar-refractivity contribution in [2.45, 2.75) is 27.3 Å². The Balaban J connectivity index is 2.45. The standard InChI is InChI=1S/C15H23BrN2O2/c1-4-17-9-12-5-6-14(13(16)7-12)20-10-15(19)18-8-11(2)3/h5-7,11,17H,4,8-10H2,1-3H3,(H,18,19). The number of nitrogens with one attached hydrogen (secondary N) is 2. The van der Waals surface area contributed by atoms with E-state index in [0.29, 0.717) is 18.2 Å². The van der Waals surface area contributed by atoms with E-state index in [2.05, 4.69) is 47.3 Å². The Morgan fingerprint density at radius 2 is 2.15 bits per heavy atom. The first kappa shape index (κ1) is 17.0. The van der Waals surface area contributed by atoms with Crippen molar-refractivity contribution >= 4 is 21.8 Å². The third-order valence-electron chi connectivity index (χ3n) is 2.64. The van der Waals surface area contributed by atoms with Gasteiger partial charge in [-0.25, -0.2) is 0 Å². The number of rotatable bonds is 8. The number of hydrogen-bond acceptors (Lipinski definition) is 3. The molecule has 0 bridgehead atoms. The van der Waals surface area contributed by atoms with Crippen molar-refractivity contribution in [3.63, 3.8) is 0 Å². The third-order valence-corrected chi connectivity index (χ3v) is 3.26. The Labute approximate surface area is 129 Å². The van der Waals surface area contributed by atoms with Crippen LogP contribution in [0.5, 0.6) is 5.75 Å². The zero-order chi connectivity index (χ0) is 15.0. The van der Waals surface area contributed by atoms with Crippen molar-refractivity contribution in [2.24, 2.45) is 5.92 Å². The number of carbonyl (C=O) groups is 1. The van der Waals surface area contributed by atoms with Crippen LogP contribution in [0.25, 0.3) is 0 Å². The van der Waals surface area contributed by atoms with Gasteiger partial charge in [0.2, 0.25) is 0 Å². The van der Waals surface area contributed by atoms with E-state index < -0.39 is 0 Å². The van der Waals surface area contributed by atoms with Crippen LogP contribution in [0.3, 0.4) is 0 Å². The quantitative estimate of drug-likeness (QED) is 0.763. The normalized spacial score (nSPS) is 10.7. The van der Waals surface area contributed by atoms with Crippen LogP contribution in [0.15, 0.2) is 22.7 Å². The molecule has 0 aromatic heterocycles. The van der Waals surface area contributed by atoms with Gasteiger partial charge in [0.1, 0.15) is 5.75 Å². The molecule has 1 rings (SSSR count). The fourth-order valence-corrected chi connectivity index (χ4v) is 2.09. The third kappa shape index (κ3) is 6.39. The van der Waals surface area contributed by atoms with E-state index in [1.807, 2.05) is 18.2 Å². The van der Waals surface area contributed by atoms with E-state index in [4.69, 9.17) is 4.74 Å². The van der Waals surface area contributed by atoms with E-state index in [1.54, 1.807) is 0 Å². The summed E-state index contributed by atoms with van der Waals surface area (Å²) in [6.45, 7) is 8.66. The van der Waals surface area contributed by atoms with Gasteiger partial charge < -0.3 is 15.4 Å². The Morgan fingerprint density at radius 1 is 1.40 bits per heavy atom. The molecule has 0 saturated carbocycles. The predicted molar refractivity (Wildman–Crippen MR) is 84.9 cm³/mol. The Kier molecular flexibility index (Phi) is 7.62. The van der Waals surface area contributed by atoms with Crippen LogP contribution in [-0.2, 0) is 11.3 Å². The summed E-state index contributed by atoms with van der Waals surface area (Å²) in [7, 11) is 0. The van der Waals surface area contributed by atoms with E-state index in [1.165, 1.54) is 5.56 Å². The zero-order valence-corrected chi connectivity index (χ0v) is 13.9. The van der Waals surface area contributed by atoms with Gasteiger partial charge in [-0.05, 0) is 46.1 Å². The molecule has 1 aromatic rings. The maximum absolute atomic E-state index is 11.6. The van der Waals surface area contributed by atoms with E-state index in [0.717, 1.165) is 17.6 Å². The van der Waals surface area contributed by atoms with Gasteiger partial charge in [-0.3, -0.25) is 4.79 Å². The average molecular weight is 343 g/mol. The minimum Gasteiger partial charge on any atom is -0.483 e. The van der Waals surface area contributed by atoms with Crippen molar-refractivity contribution in [3.05, 3.63) is 28.2 Å². The number of ether oxygens (including phenoxy) is 1. The predicted octanol–water partition coefficient (Wildman–Crippen LogP) is 2.71. The molecule has 2 N–H and O–H groups in total. The Hall–Kier alpha value is -1.07. The largest absolute Gasteiger partial charge is 0.483 e. The van der Waals surface area contributed by atoms with Crippen molar-refractivity contribution in [1.29, 1.82) is 0 Å². The fraction of sp³-hybridized carbons (Fsp3) is 0.533. The minimum atomic E-state index is -0.0951. The van der Waals surface area contributed by atoms with Gasteiger partial charge in [0.25, 0.3) is 5.91 Å². The second kappa shape index (κ2) is 8.97. The minimum absolute atomic E-state index is 0.0396. The molecule has 0 spiro atoms. The molecule has 0 radical (unpaired) electrons. The summed E-state index contributed by atoms with van der Waals surface area (Å²) in [6.07, 6.45) is 0. The molecular weight excluding hydrogens is 320 g/mol. The molecule has 0 aliphatic heterocycles. The maximum atomic E-state index is 11.6. The van der Waals surface area contributed by atoms with Crippen molar-refractivity contribution in [1.82, 2.24) is 10.6 Å². The van der Waals surface area contributed by atoms with E-state index in [-0.39, 0.29) is 12.5 Å². The molecule has 20 heavy (non-hydrogen) atoms. The lowest BCUT2D eigenvalue weighted by Crippen LogP contribution is -2.31. The molecule has 0 unspecified atom stereocenters. The number of hydrogen-bond donors (Lipinski definition) is 2. The summed E-state index contributed by atoms with van der Waals surface area (Å²) in [6, 6.07) is 5.88. The van der Waals surface area contributed by atoms with Crippen molar-refractivity contribution < 1.29 is 9.53 Å². The molecule has 1 amide bonds. The summed E-state index contributed by atoms with van der Waals surface area (Å²) in [5.74, 6) is 1.03. The van der Waals surface area contributed by atoms with Crippen molar-refractivity contribution in [3.8, 4) is 5.75 Å². The highest BCUT2D eigenvalue weighted by Gasteiger charge is 2.07. The Bertz CT molecular complexity index is 436. The molecule has 112 valence electrons. The van der Waals surface area contributed by atoms with Crippen LogP contribution in [0, 0.1) is 5.92 Å². The van der Waals surface area contributed by atoms with E-state index >= 15 is 0 Å². The first-order valence-electron chi connectivity index (χ1n) is 6.91. The summed E-state index contributed by atoms with van der Waals surface area (Å²) in [4.78, 5) is 11.6. The van der Waals surface area contributed by atoms with Crippen molar-refractivity contribution in [2.75, 3.05) is 19.7 Å². The number of amides is 1. The van der Waals surface area contributed by atoms with Crippen LogP contribution >= 0.6 is 15.9 Å². The second-order valence-corrected chi connectivity index (χ2v) is 5.89. The molecule has 0 aliphatic rings. The first-order chi connectivity index (χ1) is 9.52. The number of halogens is 1. The Morgan fingerprint density at radius 3 is 2.75 bits per heavy atom. The van der Waals surface area contributed by atoms with Crippen LogP contribution < -0.4 is 15.4 Å². The molecule has 0 aliphatic carbocycles. The van der Waals surface area contributed by atoms with E-state index in [9.17, 15) is 4.79 Å². The van der Waals surface area contributed by atoms with Crippen LogP contribution in [0.1, 0.15) is 26.3 Å². The van der Waals surface area contributed by atoms with Gasteiger partial charge in [-0.1, -0.05) is 26.8 Å². The van der Waals surface area contributed by atoms with Gasteiger partial charge in [-0.2, -0.15) is 0 Å². The lowest BCUT2D eigenvalue weighted by atomic mass is 10.2. The lowest BCUT2D eigenvalue weighted by molar-refractivity contribution is -0.123. The smallest absolute Gasteiger partial charge is 0.257 e. The molecule has 0 fully saturated rings. The van der Waals surface area contributed by atoms with Crippen LogP contribution in [-0.4, -0.2) is 25.6 Å². The van der Waals surface area contributed by atoms with Gasteiger partial charge in [-0.15, -0.1) is 0 Å². The van der Waals surface area contributed by atoms with Gasteiger partial charge in [0, 0.05) is 13.1 Å². The molecular formula is C15H23BrN2O2.